The summed E-state index contributed by atoms with van der Waals surface area (Å²) in [5.41, 5.74) is 3.71. The summed E-state index contributed by atoms with van der Waals surface area (Å²) < 4.78 is 7.37. The highest BCUT2D eigenvalue weighted by Gasteiger charge is 2.41. The molecule has 0 saturated heterocycles. The Morgan fingerprint density at radius 2 is 1.42 bits per heavy atom. The Morgan fingerprint density at radius 3 is 2.12 bits per heavy atom. The quantitative estimate of drug-likeness (QED) is 0.403. The lowest BCUT2D eigenvalue weighted by molar-refractivity contribution is 0.123. The lowest BCUT2D eigenvalue weighted by Gasteiger charge is -2.38. The van der Waals surface area contributed by atoms with Gasteiger partial charge in [-0.1, -0.05) is 89.3 Å². The maximum atomic E-state index is 6.56. The van der Waals surface area contributed by atoms with Gasteiger partial charge >= 0.3 is 0 Å². The van der Waals surface area contributed by atoms with Crippen LogP contribution in [0.3, 0.4) is 0 Å². The molecule has 3 aromatic rings. The molecule has 118 valence electrons. The fourth-order valence-electron chi connectivity index (χ4n) is 3.07. The van der Waals surface area contributed by atoms with Crippen LogP contribution in [0.5, 0.6) is 0 Å². The lowest BCUT2D eigenvalue weighted by Crippen LogP contribution is -2.38. The molecule has 0 amide bonds. The summed E-state index contributed by atoms with van der Waals surface area (Å²) in [5, 5.41) is 0. The number of para-hydroxylation sites is 1. The Bertz CT molecular complexity index is 877. The topological polar surface area (TPSA) is 21.6 Å². The molecule has 0 saturated carbocycles. The summed E-state index contributed by atoms with van der Waals surface area (Å²) in [7, 11) is 0. The first-order chi connectivity index (χ1) is 11.8. The zero-order valence-corrected chi connectivity index (χ0v) is 15.2. The number of benzene rings is 3. The fraction of sp³-hybridized carbons (Fsp3) is 0.0952. The van der Waals surface area contributed by atoms with E-state index in [0.717, 1.165) is 26.8 Å². The van der Waals surface area contributed by atoms with Gasteiger partial charge in [-0.25, -0.2) is 4.99 Å². The van der Waals surface area contributed by atoms with Crippen LogP contribution in [0.15, 0.2) is 89.9 Å². The van der Waals surface area contributed by atoms with E-state index in [1.807, 2.05) is 42.5 Å². The summed E-state index contributed by atoms with van der Waals surface area (Å²) in [4.78, 5) is 4.78. The van der Waals surface area contributed by atoms with Gasteiger partial charge in [-0.05, 0) is 18.2 Å². The van der Waals surface area contributed by atoms with E-state index in [9.17, 15) is 0 Å². The molecule has 1 heterocycles. The molecule has 0 bridgehead atoms. The molecule has 2 nitrogen and oxygen atoms in total. The number of fused-ring (bicyclic) bond motifs is 1. The standard InChI is InChI=1S/C21H16INO/c22-15-21(17-11-5-2-6-12-17)18-13-7-8-14-19(18)23-20(24-21)16-9-3-1-4-10-16/h1-14H,15H2. The van der Waals surface area contributed by atoms with Crippen molar-refractivity contribution < 1.29 is 4.74 Å². The van der Waals surface area contributed by atoms with E-state index < -0.39 is 5.60 Å². The average Bonchev–Trinajstić information content (AvgIpc) is 2.68. The number of ether oxygens (including phenoxy) is 1. The lowest BCUT2D eigenvalue weighted by atomic mass is 9.86. The summed E-state index contributed by atoms with van der Waals surface area (Å²) >= 11 is 2.41. The summed E-state index contributed by atoms with van der Waals surface area (Å²) in [6.45, 7) is 0. The predicted molar refractivity (Wildman–Crippen MR) is 106 cm³/mol. The molecule has 1 atom stereocenters. The van der Waals surface area contributed by atoms with Crippen molar-refractivity contribution in [3.8, 4) is 0 Å². The van der Waals surface area contributed by atoms with Gasteiger partial charge in [-0.2, -0.15) is 0 Å². The molecule has 0 radical (unpaired) electrons. The number of aliphatic imine (C=N–C) groups is 1. The van der Waals surface area contributed by atoms with E-state index in [2.05, 4.69) is 65.1 Å². The molecule has 4 rings (SSSR count). The van der Waals surface area contributed by atoms with Gasteiger partial charge in [0.1, 0.15) is 0 Å². The Kier molecular flexibility index (Phi) is 4.10. The highest BCUT2D eigenvalue weighted by molar-refractivity contribution is 14.1. The summed E-state index contributed by atoms with van der Waals surface area (Å²) in [6.07, 6.45) is 0. The monoisotopic (exact) mass is 425 g/mol. The normalized spacial score (nSPS) is 19.1. The smallest absolute Gasteiger partial charge is 0.222 e. The number of hydrogen-bond acceptors (Lipinski definition) is 2. The van der Waals surface area contributed by atoms with Crippen LogP contribution in [-0.2, 0) is 10.3 Å². The molecule has 1 aliphatic rings. The summed E-state index contributed by atoms with van der Waals surface area (Å²) in [6, 6.07) is 28.8. The Hall–Kier alpha value is -2.14. The van der Waals surface area contributed by atoms with Gasteiger partial charge in [0.15, 0.2) is 5.60 Å². The first kappa shape index (κ1) is 15.4. The second kappa shape index (κ2) is 6.40. The number of hydrogen-bond donors (Lipinski definition) is 0. The van der Waals surface area contributed by atoms with E-state index in [1.54, 1.807) is 0 Å². The molecule has 1 unspecified atom stereocenters. The molecule has 0 N–H and O–H groups in total. The van der Waals surface area contributed by atoms with Crippen LogP contribution < -0.4 is 0 Å². The predicted octanol–water partition coefficient (Wildman–Crippen LogP) is 5.47. The Balaban J connectivity index is 1.94. The molecule has 3 aromatic carbocycles. The Morgan fingerprint density at radius 1 is 0.792 bits per heavy atom. The zero-order valence-electron chi connectivity index (χ0n) is 13.0. The molecular formula is C21H16INO. The molecular weight excluding hydrogens is 409 g/mol. The van der Waals surface area contributed by atoms with Gasteiger partial charge in [0, 0.05) is 21.1 Å². The third kappa shape index (κ3) is 2.53. The first-order valence-corrected chi connectivity index (χ1v) is 9.40. The maximum absolute atomic E-state index is 6.56. The zero-order chi connectivity index (χ0) is 16.4. The van der Waals surface area contributed by atoms with Crippen LogP contribution in [0.4, 0.5) is 5.69 Å². The number of alkyl halides is 1. The third-order valence-electron chi connectivity index (χ3n) is 4.28. The molecule has 3 heteroatoms. The van der Waals surface area contributed by atoms with Crippen molar-refractivity contribution in [1.82, 2.24) is 0 Å². The fourth-order valence-corrected chi connectivity index (χ4v) is 4.07. The van der Waals surface area contributed by atoms with Crippen molar-refractivity contribution in [3.05, 3.63) is 102 Å². The van der Waals surface area contributed by atoms with Crippen molar-refractivity contribution in [2.45, 2.75) is 5.60 Å². The van der Waals surface area contributed by atoms with E-state index in [4.69, 9.17) is 9.73 Å². The highest BCUT2D eigenvalue weighted by Crippen LogP contribution is 2.44. The van der Waals surface area contributed by atoms with Crippen molar-refractivity contribution in [2.24, 2.45) is 4.99 Å². The molecule has 0 aromatic heterocycles. The van der Waals surface area contributed by atoms with Crippen LogP contribution in [0.2, 0.25) is 0 Å². The number of rotatable bonds is 3. The van der Waals surface area contributed by atoms with Crippen LogP contribution in [0.1, 0.15) is 16.7 Å². The third-order valence-corrected chi connectivity index (χ3v) is 5.36. The van der Waals surface area contributed by atoms with Crippen LogP contribution >= 0.6 is 22.6 Å². The van der Waals surface area contributed by atoms with E-state index in [0.29, 0.717) is 5.90 Å². The number of nitrogens with zero attached hydrogens (tertiary/aromatic N) is 1. The molecule has 24 heavy (non-hydrogen) atoms. The second-order valence-corrected chi connectivity index (χ2v) is 6.49. The minimum absolute atomic E-state index is 0.522. The van der Waals surface area contributed by atoms with Gasteiger partial charge in [0.05, 0.1) is 5.69 Å². The van der Waals surface area contributed by atoms with Crippen molar-refractivity contribution in [2.75, 3.05) is 4.43 Å². The van der Waals surface area contributed by atoms with E-state index >= 15 is 0 Å². The maximum Gasteiger partial charge on any atom is 0.222 e. The van der Waals surface area contributed by atoms with Gasteiger partial charge in [0.2, 0.25) is 5.90 Å². The Labute approximate surface area is 155 Å². The van der Waals surface area contributed by atoms with Gasteiger partial charge in [-0.3, -0.25) is 0 Å². The minimum atomic E-state index is -0.522. The first-order valence-electron chi connectivity index (χ1n) is 7.87. The van der Waals surface area contributed by atoms with Gasteiger partial charge in [0.25, 0.3) is 0 Å². The SMILES string of the molecule is ICC1(c2ccccc2)OC(c2ccccc2)=Nc2ccccc21. The minimum Gasteiger partial charge on any atom is -0.460 e. The van der Waals surface area contributed by atoms with E-state index in [1.165, 1.54) is 0 Å². The van der Waals surface area contributed by atoms with Crippen molar-refractivity contribution >= 4 is 34.2 Å². The van der Waals surface area contributed by atoms with Crippen LogP contribution in [0, 0.1) is 0 Å². The van der Waals surface area contributed by atoms with Crippen LogP contribution in [-0.4, -0.2) is 10.3 Å². The summed E-state index contributed by atoms with van der Waals surface area (Å²) in [5.74, 6) is 0.676. The average molecular weight is 425 g/mol. The molecule has 1 aliphatic heterocycles. The van der Waals surface area contributed by atoms with Crippen molar-refractivity contribution in [3.63, 3.8) is 0 Å². The molecule has 0 fully saturated rings. The van der Waals surface area contributed by atoms with Crippen molar-refractivity contribution in [1.29, 1.82) is 0 Å². The molecule has 0 aliphatic carbocycles. The van der Waals surface area contributed by atoms with Gasteiger partial charge < -0.3 is 4.74 Å². The highest BCUT2D eigenvalue weighted by atomic mass is 127. The molecule has 0 spiro atoms. The van der Waals surface area contributed by atoms with E-state index in [-0.39, 0.29) is 0 Å². The van der Waals surface area contributed by atoms with Crippen LogP contribution in [0.25, 0.3) is 0 Å². The second-order valence-electron chi connectivity index (χ2n) is 5.73. The van der Waals surface area contributed by atoms with Gasteiger partial charge in [-0.15, -0.1) is 0 Å². The largest absolute Gasteiger partial charge is 0.460 e. The number of halogens is 1.